The average Bonchev–Trinajstić information content (AvgIpc) is 3.23. The molecule has 0 radical (unpaired) electrons. The Bertz CT molecular complexity index is 398. The smallest absolute Gasteiger partial charge is 0.0967 e. The van der Waals surface area contributed by atoms with Crippen LogP contribution in [0.3, 0.4) is 0 Å². The summed E-state index contributed by atoms with van der Waals surface area (Å²) in [6.07, 6.45) is 6.40. The van der Waals surface area contributed by atoms with Crippen LogP contribution in [-0.4, -0.2) is 12.4 Å². The van der Waals surface area contributed by atoms with E-state index in [4.69, 9.17) is 0 Å². The highest BCUT2D eigenvalue weighted by atomic mass is 35.5. The number of rotatable bonds is 3. The lowest BCUT2D eigenvalue weighted by Crippen LogP contribution is -2.31. The Balaban J connectivity index is 0.00000120. The molecule has 3 heteroatoms. The van der Waals surface area contributed by atoms with Crippen molar-refractivity contribution in [3.63, 3.8) is 0 Å². The Labute approximate surface area is 115 Å². The molecule has 1 aliphatic carbocycles. The quantitative estimate of drug-likeness (QED) is 0.884. The van der Waals surface area contributed by atoms with Crippen molar-refractivity contribution in [1.29, 1.82) is 0 Å². The number of halogens is 1. The van der Waals surface area contributed by atoms with Crippen molar-refractivity contribution in [2.24, 2.45) is 10.9 Å². The maximum atomic E-state index is 4.61. The maximum Gasteiger partial charge on any atom is 0.0967 e. The van der Waals surface area contributed by atoms with E-state index in [2.05, 4.69) is 40.6 Å². The molecular formula is C15H21ClN2. The first-order valence-electron chi connectivity index (χ1n) is 6.78. The Morgan fingerprint density at radius 3 is 2.50 bits per heavy atom. The van der Waals surface area contributed by atoms with Crippen LogP contribution in [0.25, 0.3) is 0 Å². The van der Waals surface area contributed by atoms with Crippen LogP contribution in [0.1, 0.15) is 43.7 Å². The first kappa shape index (κ1) is 13.4. The van der Waals surface area contributed by atoms with Crippen LogP contribution in [-0.2, 0) is 0 Å². The third kappa shape index (κ3) is 3.26. The van der Waals surface area contributed by atoms with E-state index in [0.29, 0.717) is 6.04 Å². The highest BCUT2D eigenvalue weighted by Crippen LogP contribution is 2.41. The summed E-state index contributed by atoms with van der Waals surface area (Å²) in [7, 11) is 0. The van der Waals surface area contributed by atoms with Gasteiger partial charge in [0.2, 0.25) is 0 Å². The first-order valence-corrected chi connectivity index (χ1v) is 6.78. The number of benzene rings is 1. The molecule has 1 N–H and O–H groups in total. The number of amidine groups is 1. The van der Waals surface area contributed by atoms with Gasteiger partial charge < -0.3 is 5.32 Å². The number of nitrogens with one attached hydrogen (secondary N) is 1. The second-order valence-electron chi connectivity index (χ2n) is 5.16. The lowest BCUT2D eigenvalue weighted by Gasteiger charge is -2.23. The molecular weight excluding hydrogens is 244 g/mol. The van der Waals surface area contributed by atoms with Crippen LogP contribution in [0.4, 0.5) is 0 Å². The highest BCUT2D eigenvalue weighted by molar-refractivity contribution is 5.85. The van der Waals surface area contributed by atoms with Crippen molar-refractivity contribution in [3.8, 4) is 0 Å². The normalized spacial score (nSPS) is 20.6. The Morgan fingerprint density at radius 2 is 1.89 bits per heavy atom. The van der Waals surface area contributed by atoms with Gasteiger partial charge in [-0.1, -0.05) is 30.3 Å². The van der Waals surface area contributed by atoms with Crippen LogP contribution in [0, 0.1) is 5.92 Å². The molecule has 1 saturated carbocycles. The van der Waals surface area contributed by atoms with E-state index < -0.39 is 0 Å². The van der Waals surface area contributed by atoms with Crippen LogP contribution in [0.2, 0.25) is 0 Å². The summed E-state index contributed by atoms with van der Waals surface area (Å²) in [4.78, 5) is 4.61. The molecule has 1 aromatic rings. The molecule has 1 fully saturated rings. The molecule has 1 atom stereocenters. The minimum atomic E-state index is 0. The summed E-state index contributed by atoms with van der Waals surface area (Å²) in [6, 6.07) is 11.3. The zero-order chi connectivity index (χ0) is 11.5. The van der Waals surface area contributed by atoms with Crippen molar-refractivity contribution in [2.75, 3.05) is 6.54 Å². The first-order chi connectivity index (χ1) is 8.43. The fourth-order valence-electron chi connectivity index (χ4n) is 2.56. The summed E-state index contributed by atoms with van der Waals surface area (Å²) >= 11 is 0. The van der Waals surface area contributed by atoms with Gasteiger partial charge in [-0.15, -0.1) is 12.4 Å². The maximum absolute atomic E-state index is 4.61. The van der Waals surface area contributed by atoms with Gasteiger partial charge in [0, 0.05) is 13.0 Å². The predicted octanol–water partition coefficient (Wildman–Crippen LogP) is 3.73. The molecule has 0 saturated heterocycles. The molecule has 1 heterocycles. The number of aliphatic imine (C=N–C) groups is 1. The molecule has 0 amide bonds. The molecule has 1 aliphatic heterocycles. The van der Waals surface area contributed by atoms with Crippen LogP contribution < -0.4 is 5.32 Å². The van der Waals surface area contributed by atoms with Crippen molar-refractivity contribution >= 4 is 18.2 Å². The zero-order valence-electron chi connectivity index (χ0n) is 10.6. The van der Waals surface area contributed by atoms with Gasteiger partial charge in [0.25, 0.3) is 0 Å². The Morgan fingerprint density at radius 1 is 1.11 bits per heavy atom. The third-order valence-electron chi connectivity index (χ3n) is 3.70. The van der Waals surface area contributed by atoms with E-state index >= 15 is 0 Å². The number of hydrogen-bond donors (Lipinski definition) is 1. The molecule has 2 nitrogen and oxygen atoms in total. The molecule has 1 aromatic carbocycles. The molecule has 0 bridgehead atoms. The highest BCUT2D eigenvalue weighted by Gasteiger charge is 2.32. The summed E-state index contributed by atoms with van der Waals surface area (Å²) in [6.45, 7) is 1.01. The van der Waals surface area contributed by atoms with E-state index in [0.717, 1.165) is 18.9 Å². The topological polar surface area (TPSA) is 24.4 Å². The average molecular weight is 265 g/mol. The Hall–Kier alpha value is -1.02. The standard InChI is InChI=1S/C15H20N2.ClH/c1-2-6-12(7-3-1)15(13-9-10-13)17-14-8-4-5-11-16-14;/h1-3,6-7,13,15H,4-5,8-11H2,(H,16,17);1H. The van der Waals surface area contributed by atoms with Gasteiger partial charge in [-0.05, 0) is 37.2 Å². The monoisotopic (exact) mass is 264 g/mol. The van der Waals surface area contributed by atoms with E-state index in [1.807, 2.05) is 0 Å². The summed E-state index contributed by atoms with van der Waals surface area (Å²) < 4.78 is 0. The van der Waals surface area contributed by atoms with E-state index in [1.54, 1.807) is 0 Å². The Kier molecular flexibility index (Phi) is 4.65. The zero-order valence-corrected chi connectivity index (χ0v) is 11.5. The third-order valence-corrected chi connectivity index (χ3v) is 3.70. The van der Waals surface area contributed by atoms with Crippen molar-refractivity contribution < 1.29 is 0 Å². The SMILES string of the molecule is Cl.c1ccc(C(NC2=NCCCC2)C2CC2)cc1. The van der Waals surface area contributed by atoms with E-state index in [-0.39, 0.29) is 12.4 Å². The predicted molar refractivity (Wildman–Crippen MR) is 78.4 cm³/mol. The van der Waals surface area contributed by atoms with Gasteiger partial charge in [0.05, 0.1) is 11.9 Å². The number of hydrogen-bond acceptors (Lipinski definition) is 2. The van der Waals surface area contributed by atoms with Gasteiger partial charge in [-0.25, -0.2) is 0 Å². The molecule has 3 rings (SSSR count). The van der Waals surface area contributed by atoms with Crippen LogP contribution in [0.5, 0.6) is 0 Å². The van der Waals surface area contributed by atoms with Gasteiger partial charge in [-0.3, -0.25) is 4.99 Å². The molecule has 18 heavy (non-hydrogen) atoms. The summed E-state index contributed by atoms with van der Waals surface area (Å²) in [5, 5.41) is 3.68. The minimum Gasteiger partial charge on any atom is -0.367 e. The fraction of sp³-hybridized carbons (Fsp3) is 0.533. The van der Waals surface area contributed by atoms with Crippen LogP contribution in [0.15, 0.2) is 35.3 Å². The van der Waals surface area contributed by atoms with Crippen molar-refractivity contribution in [3.05, 3.63) is 35.9 Å². The van der Waals surface area contributed by atoms with E-state index in [9.17, 15) is 0 Å². The molecule has 0 spiro atoms. The lowest BCUT2D eigenvalue weighted by molar-refractivity contribution is 0.554. The van der Waals surface area contributed by atoms with E-state index in [1.165, 1.54) is 37.1 Å². The van der Waals surface area contributed by atoms with Crippen molar-refractivity contribution in [1.82, 2.24) is 5.32 Å². The minimum absolute atomic E-state index is 0. The van der Waals surface area contributed by atoms with Gasteiger partial charge in [0.1, 0.15) is 0 Å². The molecule has 1 unspecified atom stereocenters. The summed E-state index contributed by atoms with van der Waals surface area (Å²) in [5.74, 6) is 2.05. The van der Waals surface area contributed by atoms with Crippen molar-refractivity contribution in [2.45, 2.75) is 38.1 Å². The van der Waals surface area contributed by atoms with Crippen LogP contribution >= 0.6 is 12.4 Å². The second-order valence-corrected chi connectivity index (χ2v) is 5.16. The lowest BCUT2D eigenvalue weighted by atomic mass is 10.0. The molecule has 0 aromatic heterocycles. The van der Waals surface area contributed by atoms with Gasteiger partial charge in [0.15, 0.2) is 0 Å². The number of nitrogens with zero attached hydrogens (tertiary/aromatic N) is 1. The largest absolute Gasteiger partial charge is 0.367 e. The summed E-state index contributed by atoms with van der Waals surface area (Å²) in [5.41, 5.74) is 1.42. The fourth-order valence-corrected chi connectivity index (χ4v) is 2.56. The second kappa shape index (κ2) is 6.24. The molecule has 2 aliphatic rings. The molecule has 98 valence electrons. The van der Waals surface area contributed by atoms with Gasteiger partial charge in [-0.2, -0.15) is 0 Å². The van der Waals surface area contributed by atoms with Gasteiger partial charge >= 0.3 is 0 Å².